The predicted octanol–water partition coefficient (Wildman–Crippen LogP) is 2.60. The molecule has 7 nitrogen and oxygen atoms in total. The third-order valence-corrected chi connectivity index (χ3v) is 6.18. The van der Waals surface area contributed by atoms with Crippen LogP contribution in [-0.4, -0.2) is 40.9 Å². The number of sulfonamides is 1. The van der Waals surface area contributed by atoms with Crippen LogP contribution in [0.1, 0.15) is 22.3 Å². The van der Waals surface area contributed by atoms with E-state index in [-0.39, 0.29) is 17.9 Å². The van der Waals surface area contributed by atoms with E-state index in [0.29, 0.717) is 35.7 Å². The van der Waals surface area contributed by atoms with Gasteiger partial charge in [-0.15, -0.1) is 0 Å². The van der Waals surface area contributed by atoms with E-state index < -0.39 is 16.0 Å². The zero-order valence-corrected chi connectivity index (χ0v) is 16.0. The van der Waals surface area contributed by atoms with E-state index >= 15 is 0 Å². The minimum atomic E-state index is -3.30. The quantitative estimate of drug-likeness (QED) is 0.704. The number of nitrogens with zero attached hydrogens (tertiary/aromatic N) is 1. The van der Waals surface area contributed by atoms with Gasteiger partial charge in [0.1, 0.15) is 18.1 Å². The average molecular weight is 391 g/mol. The van der Waals surface area contributed by atoms with Gasteiger partial charge < -0.3 is 14.2 Å². The molecular weight excluding hydrogens is 370 g/mol. The second kappa shape index (κ2) is 7.87. The Bertz CT molecular complexity index is 941. The van der Waals surface area contributed by atoms with E-state index in [1.54, 1.807) is 43.5 Å². The van der Waals surface area contributed by atoms with Crippen LogP contribution in [0.4, 0.5) is 5.69 Å². The number of carbonyl (C=O) groups is 1. The lowest BCUT2D eigenvalue weighted by Crippen LogP contribution is -2.25. The third-order valence-electron chi connectivity index (χ3n) is 4.32. The molecule has 0 atom stereocenters. The molecule has 144 valence electrons. The van der Waals surface area contributed by atoms with Gasteiger partial charge in [0.15, 0.2) is 0 Å². The Labute approximate surface area is 158 Å². The smallest absolute Gasteiger partial charge is 0.338 e. The zero-order valence-electron chi connectivity index (χ0n) is 15.2. The van der Waals surface area contributed by atoms with Crippen LogP contribution in [0.25, 0.3) is 0 Å². The largest absolute Gasteiger partial charge is 0.497 e. The highest BCUT2D eigenvalue weighted by atomic mass is 32.2. The molecule has 1 saturated heterocycles. The first kappa shape index (κ1) is 19.0. The van der Waals surface area contributed by atoms with E-state index in [2.05, 4.69) is 0 Å². The molecule has 27 heavy (non-hydrogen) atoms. The van der Waals surface area contributed by atoms with E-state index in [0.717, 1.165) is 0 Å². The molecule has 0 radical (unpaired) electrons. The summed E-state index contributed by atoms with van der Waals surface area (Å²) in [7, 11) is -0.218. The maximum atomic E-state index is 12.4. The molecule has 3 rings (SSSR count). The van der Waals surface area contributed by atoms with Crippen molar-refractivity contribution in [1.82, 2.24) is 0 Å². The van der Waals surface area contributed by atoms with E-state index in [4.69, 9.17) is 14.2 Å². The highest BCUT2D eigenvalue weighted by molar-refractivity contribution is 7.93. The lowest BCUT2D eigenvalue weighted by Gasteiger charge is -2.17. The molecule has 8 heteroatoms. The van der Waals surface area contributed by atoms with Gasteiger partial charge in [0.25, 0.3) is 0 Å². The Kier molecular flexibility index (Phi) is 5.55. The lowest BCUT2D eigenvalue weighted by atomic mass is 10.2. The summed E-state index contributed by atoms with van der Waals surface area (Å²) >= 11 is 0. The fourth-order valence-electron chi connectivity index (χ4n) is 2.94. The predicted molar refractivity (Wildman–Crippen MR) is 101 cm³/mol. The second-order valence-corrected chi connectivity index (χ2v) is 8.06. The van der Waals surface area contributed by atoms with Crippen molar-refractivity contribution in [3.8, 4) is 11.5 Å². The maximum Gasteiger partial charge on any atom is 0.338 e. The lowest BCUT2D eigenvalue weighted by molar-refractivity contribution is 0.0470. The molecule has 1 heterocycles. The summed E-state index contributed by atoms with van der Waals surface area (Å²) < 4.78 is 41.3. The standard InChI is InChI=1S/C19H21NO6S/c1-24-17-7-8-18(25-2)15(12-17)13-26-19(21)14-5-3-6-16(11-14)20-9-4-10-27(20,22)23/h3,5-8,11-12H,4,9-10,13H2,1-2H3. The van der Waals surface area contributed by atoms with Crippen LogP contribution in [0.2, 0.25) is 0 Å². The van der Waals surface area contributed by atoms with Crippen molar-refractivity contribution in [3.05, 3.63) is 53.6 Å². The fourth-order valence-corrected chi connectivity index (χ4v) is 4.50. The van der Waals surface area contributed by atoms with Gasteiger partial charge in [-0.2, -0.15) is 0 Å². The number of rotatable bonds is 6. The molecule has 0 amide bonds. The first-order valence-corrected chi connectivity index (χ1v) is 10.0. The van der Waals surface area contributed by atoms with Gasteiger partial charge in [0.05, 0.1) is 31.2 Å². The summed E-state index contributed by atoms with van der Waals surface area (Å²) in [5, 5.41) is 0. The molecule has 1 aliphatic heterocycles. The number of hydrogen-bond acceptors (Lipinski definition) is 6. The number of methoxy groups -OCH3 is 2. The van der Waals surface area contributed by atoms with Crippen LogP contribution in [-0.2, 0) is 21.4 Å². The van der Waals surface area contributed by atoms with Crippen molar-refractivity contribution in [2.75, 3.05) is 30.8 Å². The van der Waals surface area contributed by atoms with E-state index in [9.17, 15) is 13.2 Å². The molecule has 1 aliphatic rings. The van der Waals surface area contributed by atoms with Gasteiger partial charge in [0.2, 0.25) is 10.0 Å². The number of anilines is 1. The molecule has 0 unspecified atom stereocenters. The Morgan fingerprint density at radius 2 is 1.93 bits per heavy atom. The van der Waals surface area contributed by atoms with Crippen LogP contribution >= 0.6 is 0 Å². The number of hydrogen-bond donors (Lipinski definition) is 0. The number of ether oxygens (including phenoxy) is 3. The molecule has 0 saturated carbocycles. The SMILES string of the molecule is COc1ccc(OC)c(COC(=O)c2cccc(N3CCCS3(=O)=O)c2)c1. The van der Waals surface area contributed by atoms with E-state index in [1.165, 1.54) is 17.5 Å². The van der Waals surface area contributed by atoms with Gasteiger partial charge >= 0.3 is 5.97 Å². The Morgan fingerprint density at radius 1 is 1.11 bits per heavy atom. The summed E-state index contributed by atoms with van der Waals surface area (Å²) in [6.07, 6.45) is 0.576. The first-order valence-electron chi connectivity index (χ1n) is 8.43. The van der Waals surface area contributed by atoms with Crippen molar-refractivity contribution in [2.24, 2.45) is 0 Å². The number of carbonyl (C=O) groups excluding carboxylic acids is 1. The van der Waals surface area contributed by atoms with Crippen molar-refractivity contribution in [2.45, 2.75) is 13.0 Å². The van der Waals surface area contributed by atoms with Gasteiger partial charge in [-0.05, 0) is 42.8 Å². The van der Waals surface area contributed by atoms with Crippen molar-refractivity contribution in [1.29, 1.82) is 0 Å². The third kappa shape index (κ3) is 4.16. The van der Waals surface area contributed by atoms with Crippen molar-refractivity contribution in [3.63, 3.8) is 0 Å². The Balaban J connectivity index is 1.75. The molecule has 2 aromatic carbocycles. The Hall–Kier alpha value is -2.74. The maximum absolute atomic E-state index is 12.4. The topological polar surface area (TPSA) is 82.1 Å². The van der Waals surface area contributed by atoms with Gasteiger partial charge in [-0.1, -0.05) is 6.07 Å². The normalized spacial score (nSPS) is 15.4. The van der Waals surface area contributed by atoms with Gasteiger partial charge in [-0.3, -0.25) is 4.31 Å². The van der Waals surface area contributed by atoms with Crippen molar-refractivity contribution >= 4 is 21.7 Å². The molecule has 0 bridgehead atoms. The van der Waals surface area contributed by atoms with Crippen LogP contribution in [0.3, 0.4) is 0 Å². The molecule has 0 aromatic heterocycles. The minimum Gasteiger partial charge on any atom is -0.497 e. The van der Waals surface area contributed by atoms with Crippen LogP contribution in [0.5, 0.6) is 11.5 Å². The molecule has 0 N–H and O–H groups in total. The van der Waals surface area contributed by atoms with Crippen molar-refractivity contribution < 1.29 is 27.4 Å². The molecule has 0 spiro atoms. The fraction of sp³-hybridized carbons (Fsp3) is 0.316. The monoisotopic (exact) mass is 391 g/mol. The second-order valence-electron chi connectivity index (χ2n) is 6.05. The number of esters is 1. The van der Waals surface area contributed by atoms with Crippen LogP contribution < -0.4 is 13.8 Å². The summed E-state index contributed by atoms with van der Waals surface area (Å²) in [5.41, 5.74) is 1.43. The van der Waals surface area contributed by atoms with Crippen LogP contribution in [0.15, 0.2) is 42.5 Å². The highest BCUT2D eigenvalue weighted by Gasteiger charge is 2.28. The van der Waals surface area contributed by atoms with Gasteiger partial charge in [-0.25, -0.2) is 13.2 Å². The molecule has 0 aliphatic carbocycles. The zero-order chi connectivity index (χ0) is 19.4. The van der Waals surface area contributed by atoms with Crippen LogP contribution in [0, 0.1) is 0 Å². The highest BCUT2D eigenvalue weighted by Crippen LogP contribution is 2.27. The summed E-state index contributed by atoms with van der Waals surface area (Å²) in [5.74, 6) is 0.791. The summed E-state index contributed by atoms with van der Waals surface area (Å²) in [4.78, 5) is 12.4. The Morgan fingerprint density at radius 3 is 2.59 bits per heavy atom. The average Bonchev–Trinajstić information content (AvgIpc) is 3.04. The molecular formula is C19H21NO6S. The van der Waals surface area contributed by atoms with E-state index in [1.807, 2.05) is 0 Å². The molecule has 2 aromatic rings. The molecule has 1 fully saturated rings. The minimum absolute atomic E-state index is 0.00540. The van der Waals surface area contributed by atoms with Gasteiger partial charge in [0, 0.05) is 12.1 Å². The summed E-state index contributed by atoms with van der Waals surface area (Å²) in [6, 6.07) is 11.7. The number of benzene rings is 2. The summed E-state index contributed by atoms with van der Waals surface area (Å²) in [6.45, 7) is 0.424. The first-order chi connectivity index (χ1) is 12.9.